The van der Waals surface area contributed by atoms with Gasteiger partial charge in [0.25, 0.3) is 0 Å². The van der Waals surface area contributed by atoms with Crippen LogP contribution in [0.25, 0.3) is 17.0 Å². The number of nitrogens with zero attached hydrogens (tertiary/aromatic N) is 1. The summed E-state index contributed by atoms with van der Waals surface area (Å²) < 4.78 is 2.03. The Hall–Kier alpha value is -2.37. The lowest BCUT2D eigenvalue weighted by Crippen LogP contribution is -2.26. The number of aliphatic hydroxyl groups is 1. The van der Waals surface area contributed by atoms with Crippen molar-refractivity contribution in [1.29, 1.82) is 0 Å². The van der Waals surface area contributed by atoms with Crippen molar-refractivity contribution in [3.8, 4) is 0 Å². The van der Waals surface area contributed by atoms with E-state index < -0.39 is 6.10 Å². The lowest BCUT2D eigenvalue weighted by atomic mass is 10.1. The zero-order valence-corrected chi connectivity index (χ0v) is 13.6. The highest BCUT2D eigenvalue weighted by molar-refractivity contribution is 7.08. The lowest BCUT2D eigenvalue weighted by molar-refractivity contribution is -0.116. The van der Waals surface area contributed by atoms with Gasteiger partial charge in [0.05, 0.1) is 6.10 Å². The van der Waals surface area contributed by atoms with Crippen molar-refractivity contribution in [3.63, 3.8) is 0 Å². The maximum Gasteiger partial charge on any atom is 0.244 e. The zero-order valence-electron chi connectivity index (χ0n) is 12.8. The number of thiophene rings is 1. The molecule has 0 fully saturated rings. The van der Waals surface area contributed by atoms with Crippen LogP contribution in [0, 0.1) is 0 Å². The maximum atomic E-state index is 11.8. The Morgan fingerprint density at radius 3 is 3.04 bits per heavy atom. The summed E-state index contributed by atoms with van der Waals surface area (Å²) in [6.07, 6.45) is 4.50. The molecule has 1 amide bonds. The van der Waals surface area contributed by atoms with Gasteiger partial charge in [-0.25, -0.2) is 0 Å². The fourth-order valence-corrected chi connectivity index (χ4v) is 3.05. The van der Waals surface area contributed by atoms with Gasteiger partial charge in [-0.15, -0.1) is 0 Å². The van der Waals surface area contributed by atoms with Crippen molar-refractivity contribution >= 4 is 34.2 Å². The fourth-order valence-electron chi connectivity index (χ4n) is 2.42. The lowest BCUT2D eigenvalue weighted by Gasteiger charge is -2.12. The third kappa shape index (κ3) is 3.70. The van der Waals surface area contributed by atoms with Crippen molar-refractivity contribution in [2.75, 3.05) is 6.54 Å². The van der Waals surface area contributed by atoms with Crippen LogP contribution in [0.4, 0.5) is 0 Å². The van der Waals surface area contributed by atoms with Crippen molar-refractivity contribution < 1.29 is 9.90 Å². The summed E-state index contributed by atoms with van der Waals surface area (Å²) in [4.78, 5) is 11.8. The Balaban J connectivity index is 1.59. The number of aliphatic hydroxyl groups excluding tert-OH is 1. The summed E-state index contributed by atoms with van der Waals surface area (Å²) in [5.41, 5.74) is 2.91. The predicted octanol–water partition coefficient (Wildman–Crippen LogP) is 3.10. The second-order valence-corrected chi connectivity index (χ2v) is 6.18. The quantitative estimate of drug-likeness (QED) is 0.708. The molecule has 0 bridgehead atoms. The Kier molecular flexibility index (Phi) is 4.60. The molecule has 2 N–H and O–H groups in total. The second kappa shape index (κ2) is 6.81. The summed E-state index contributed by atoms with van der Waals surface area (Å²) in [6.45, 7) is 0.186. The van der Waals surface area contributed by atoms with E-state index in [-0.39, 0.29) is 12.5 Å². The first-order valence-corrected chi connectivity index (χ1v) is 8.29. The first-order chi connectivity index (χ1) is 11.1. The molecule has 0 aliphatic rings. The number of carbonyl (C=O) groups is 1. The van der Waals surface area contributed by atoms with Crippen LogP contribution in [0.2, 0.25) is 0 Å². The molecular formula is C18H18N2O2S. The number of amides is 1. The van der Waals surface area contributed by atoms with Crippen LogP contribution in [-0.4, -0.2) is 22.1 Å². The van der Waals surface area contributed by atoms with Crippen molar-refractivity contribution in [2.24, 2.45) is 7.05 Å². The molecule has 0 spiro atoms. The van der Waals surface area contributed by atoms with Gasteiger partial charge in [0.2, 0.25) is 5.91 Å². The molecule has 4 nitrogen and oxygen atoms in total. The molecule has 3 aromatic rings. The van der Waals surface area contributed by atoms with Gasteiger partial charge >= 0.3 is 0 Å². The number of aryl methyl sites for hydroxylation is 1. The number of rotatable bonds is 5. The molecule has 2 aromatic heterocycles. The maximum absolute atomic E-state index is 11.8. The molecule has 2 heterocycles. The van der Waals surface area contributed by atoms with E-state index in [1.54, 1.807) is 17.4 Å². The second-order valence-electron chi connectivity index (χ2n) is 5.40. The average molecular weight is 326 g/mol. The first kappa shape index (κ1) is 15.5. The smallest absolute Gasteiger partial charge is 0.244 e. The highest BCUT2D eigenvalue weighted by atomic mass is 32.1. The van der Waals surface area contributed by atoms with Crippen LogP contribution in [-0.2, 0) is 11.8 Å². The summed E-state index contributed by atoms with van der Waals surface area (Å²) >= 11 is 1.58. The monoisotopic (exact) mass is 326 g/mol. The Bertz CT molecular complexity index is 834. The molecule has 0 unspecified atom stereocenters. The van der Waals surface area contributed by atoms with Gasteiger partial charge in [-0.1, -0.05) is 6.07 Å². The van der Waals surface area contributed by atoms with Crippen molar-refractivity contribution in [2.45, 2.75) is 6.10 Å². The van der Waals surface area contributed by atoms with Crippen LogP contribution in [0.15, 0.2) is 53.4 Å². The van der Waals surface area contributed by atoms with E-state index in [1.165, 1.54) is 6.08 Å². The summed E-state index contributed by atoms with van der Waals surface area (Å²) in [5.74, 6) is -0.212. The van der Waals surface area contributed by atoms with E-state index in [0.29, 0.717) is 0 Å². The molecule has 0 aliphatic heterocycles. The molecule has 0 aliphatic carbocycles. The molecule has 0 radical (unpaired) electrons. The fraction of sp³-hybridized carbons (Fsp3) is 0.167. The SMILES string of the molecule is Cn1ccc2cc([C@@H](O)CNC(=O)/C=C/c3ccsc3)ccc21. The summed E-state index contributed by atoms with van der Waals surface area (Å²) in [6, 6.07) is 9.77. The normalized spacial score (nSPS) is 12.8. The van der Waals surface area contributed by atoms with Gasteiger partial charge in [-0.05, 0) is 57.6 Å². The number of hydrogen-bond donors (Lipinski definition) is 2. The third-order valence-corrected chi connectivity index (χ3v) is 4.44. The third-order valence-electron chi connectivity index (χ3n) is 3.73. The number of aromatic nitrogens is 1. The van der Waals surface area contributed by atoms with Gasteiger partial charge in [-0.2, -0.15) is 11.3 Å². The molecule has 0 saturated carbocycles. The Morgan fingerprint density at radius 2 is 2.26 bits per heavy atom. The van der Waals surface area contributed by atoms with Crippen LogP contribution >= 0.6 is 11.3 Å². The topological polar surface area (TPSA) is 54.3 Å². The standard InChI is InChI=1S/C18H18N2O2S/c1-20-8-6-14-10-15(3-4-16(14)20)17(21)11-19-18(22)5-2-13-7-9-23-12-13/h2-10,12,17,21H,11H2,1H3,(H,19,22)/b5-2+/t17-/m0/s1. The molecule has 23 heavy (non-hydrogen) atoms. The summed E-state index contributed by atoms with van der Waals surface area (Å²) in [7, 11) is 1.98. The highest BCUT2D eigenvalue weighted by Crippen LogP contribution is 2.20. The van der Waals surface area contributed by atoms with E-state index in [1.807, 2.05) is 58.9 Å². The minimum atomic E-state index is -0.724. The Morgan fingerprint density at radius 1 is 1.39 bits per heavy atom. The van der Waals surface area contributed by atoms with E-state index in [0.717, 1.165) is 22.0 Å². The largest absolute Gasteiger partial charge is 0.387 e. The molecular weight excluding hydrogens is 308 g/mol. The number of benzene rings is 1. The van der Waals surface area contributed by atoms with Crippen LogP contribution in [0.5, 0.6) is 0 Å². The number of fused-ring (bicyclic) bond motifs is 1. The van der Waals surface area contributed by atoms with Gasteiger partial charge in [0, 0.05) is 31.4 Å². The van der Waals surface area contributed by atoms with Crippen LogP contribution < -0.4 is 5.32 Å². The molecule has 1 atom stereocenters. The minimum Gasteiger partial charge on any atom is -0.387 e. The predicted molar refractivity (Wildman–Crippen MR) is 94.2 cm³/mol. The first-order valence-electron chi connectivity index (χ1n) is 7.34. The zero-order chi connectivity index (χ0) is 16.2. The summed E-state index contributed by atoms with van der Waals surface area (Å²) in [5, 5.41) is 18.0. The van der Waals surface area contributed by atoms with Crippen molar-refractivity contribution in [1.82, 2.24) is 9.88 Å². The molecule has 1 aromatic carbocycles. The van der Waals surface area contributed by atoms with Crippen molar-refractivity contribution in [3.05, 3.63) is 64.5 Å². The van der Waals surface area contributed by atoms with Gasteiger partial charge in [-0.3, -0.25) is 4.79 Å². The highest BCUT2D eigenvalue weighted by Gasteiger charge is 2.10. The number of hydrogen-bond acceptors (Lipinski definition) is 3. The number of nitrogens with one attached hydrogen (secondary N) is 1. The van der Waals surface area contributed by atoms with E-state index in [2.05, 4.69) is 5.32 Å². The Labute approximate surface area is 138 Å². The molecule has 3 rings (SSSR count). The van der Waals surface area contributed by atoms with E-state index in [9.17, 15) is 9.90 Å². The van der Waals surface area contributed by atoms with Crippen LogP contribution in [0.3, 0.4) is 0 Å². The van der Waals surface area contributed by atoms with Gasteiger partial charge in [0.15, 0.2) is 0 Å². The number of carbonyl (C=O) groups excluding carboxylic acids is 1. The van der Waals surface area contributed by atoms with E-state index >= 15 is 0 Å². The molecule has 5 heteroatoms. The average Bonchev–Trinajstić information content (AvgIpc) is 3.20. The molecule has 118 valence electrons. The van der Waals surface area contributed by atoms with Crippen LogP contribution in [0.1, 0.15) is 17.2 Å². The van der Waals surface area contributed by atoms with E-state index in [4.69, 9.17) is 0 Å². The molecule has 0 saturated heterocycles. The minimum absolute atomic E-state index is 0.186. The van der Waals surface area contributed by atoms with Gasteiger partial charge in [0.1, 0.15) is 0 Å². The van der Waals surface area contributed by atoms with Gasteiger partial charge < -0.3 is 15.0 Å².